The Balaban J connectivity index is 1.01. The van der Waals surface area contributed by atoms with Crippen LogP contribution in [0.5, 0.6) is 11.6 Å². The number of carbonyl (C=O) groups is 2. The van der Waals surface area contributed by atoms with Crippen molar-refractivity contribution in [1.29, 1.82) is 0 Å². The molecule has 4 saturated heterocycles. The van der Waals surface area contributed by atoms with Crippen LogP contribution in [0.4, 0.5) is 0 Å². The smallest absolute Gasteiger partial charge is 0.220 e. The van der Waals surface area contributed by atoms with Gasteiger partial charge in [-0.1, -0.05) is 59.6 Å². The van der Waals surface area contributed by atoms with Gasteiger partial charge in [-0.3, -0.25) is 24.4 Å². The lowest BCUT2D eigenvalue weighted by Crippen LogP contribution is -2.56. The minimum absolute atomic E-state index is 0.0585. The molecule has 0 radical (unpaired) electrons. The van der Waals surface area contributed by atoms with Gasteiger partial charge in [-0.2, -0.15) is 0 Å². The van der Waals surface area contributed by atoms with Gasteiger partial charge in [0.05, 0.1) is 35.7 Å². The number of pyridine rings is 2. The normalized spacial score (nSPS) is 19.3. The van der Waals surface area contributed by atoms with Crippen LogP contribution in [0, 0.1) is 10.8 Å². The van der Waals surface area contributed by atoms with Crippen LogP contribution in [-0.2, 0) is 22.7 Å². The molecule has 10 nitrogen and oxygen atoms in total. The Morgan fingerprint density at radius 2 is 1.40 bits per heavy atom. The fourth-order valence-electron chi connectivity index (χ4n) is 8.19. The molecule has 4 aromatic rings. The summed E-state index contributed by atoms with van der Waals surface area (Å²) in [4.78, 5) is 37.7. The maximum Gasteiger partial charge on any atom is 0.220 e. The fraction of sp³-hybridized carbons (Fsp3) is 0.368. The second kappa shape index (κ2) is 12.8. The number of ether oxygens (including phenoxy) is 2. The number of nitrogens with zero attached hydrogens (tertiary/aromatic N) is 4. The number of carbonyl (C=O) groups excluding carboxylic acids is 2. The number of aromatic nitrogens is 2. The Hall–Kier alpha value is -4.22. The molecule has 4 fully saturated rings. The van der Waals surface area contributed by atoms with E-state index in [0.717, 1.165) is 79.4 Å². The predicted octanol–water partition coefficient (Wildman–Crippen LogP) is 5.45. The van der Waals surface area contributed by atoms with Crippen LogP contribution < -0.4 is 20.1 Å². The molecular formula is C38H38Cl2N6O4. The first-order valence-electron chi connectivity index (χ1n) is 16.8. The number of hydrogen-bond donors (Lipinski definition) is 2. The van der Waals surface area contributed by atoms with Gasteiger partial charge in [-0.05, 0) is 23.8 Å². The Kier molecular flexibility index (Phi) is 8.46. The highest BCUT2D eigenvalue weighted by atomic mass is 35.5. The zero-order chi connectivity index (χ0) is 34.6. The lowest BCUT2D eigenvalue weighted by atomic mass is 9.79. The molecule has 0 bridgehead atoms. The van der Waals surface area contributed by atoms with Gasteiger partial charge in [0.1, 0.15) is 5.75 Å². The van der Waals surface area contributed by atoms with Crippen LogP contribution in [0.1, 0.15) is 24.0 Å². The summed E-state index contributed by atoms with van der Waals surface area (Å²) in [5.74, 6) is 1.61. The van der Waals surface area contributed by atoms with E-state index in [-0.39, 0.29) is 22.6 Å². The third kappa shape index (κ3) is 5.98. The van der Waals surface area contributed by atoms with E-state index in [1.807, 2.05) is 42.5 Å². The molecule has 6 heterocycles. The van der Waals surface area contributed by atoms with E-state index in [1.54, 1.807) is 20.4 Å². The topological polar surface area (TPSA) is 109 Å². The van der Waals surface area contributed by atoms with Crippen LogP contribution >= 0.6 is 23.2 Å². The number of halogens is 2. The van der Waals surface area contributed by atoms with Crippen LogP contribution in [0.3, 0.4) is 0 Å². The summed E-state index contributed by atoms with van der Waals surface area (Å²) in [6, 6.07) is 17.8. The fourth-order valence-corrected chi connectivity index (χ4v) is 8.82. The van der Waals surface area contributed by atoms with Gasteiger partial charge in [-0.25, -0.2) is 4.98 Å². The average molecular weight is 714 g/mol. The standard InChI is InChI=1S/C38H38Cl2N6O4/c1-49-30-12-23(6-7-24(30)15-45-19-37(20-45)13-31(47)42-17-37)26-10-11-41-35(34(26)40)28-5-3-4-27(33(28)39)29-9-8-25(36(44-29)50-2)16-46-21-38(22-46)14-32(48)43-18-38/h3-12H,13-22H2,1-2H3,(H,42,47)(H,43,48). The molecular weight excluding hydrogens is 675 g/mol. The molecule has 2 N–H and O–H groups in total. The van der Waals surface area contributed by atoms with Crippen LogP contribution in [0.15, 0.2) is 60.8 Å². The highest BCUT2D eigenvalue weighted by molar-refractivity contribution is 6.39. The number of likely N-dealkylation sites (tertiary alicyclic amines) is 2. The Morgan fingerprint density at radius 1 is 0.760 bits per heavy atom. The Morgan fingerprint density at radius 3 is 2.02 bits per heavy atom. The van der Waals surface area contributed by atoms with E-state index in [2.05, 4.69) is 37.6 Å². The van der Waals surface area contributed by atoms with Crippen molar-refractivity contribution in [1.82, 2.24) is 30.4 Å². The lowest BCUT2D eigenvalue weighted by Gasteiger charge is -2.47. The van der Waals surface area contributed by atoms with Crippen LogP contribution in [0.2, 0.25) is 10.0 Å². The van der Waals surface area contributed by atoms with E-state index in [0.29, 0.717) is 52.3 Å². The van der Waals surface area contributed by atoms with Gasteiger partial charge in [0.2, 0.25) is 17.7 Å². The summed E-state index contributed by atoms with van der Waals surface area (Å²) in [5.41, 5.74) is 6.60. The quantitative estimate of drug-likeness (QED) is 0.236. The molecule has 0 saturated carbocycles. The molecule has 8 rings (SSSR count). The van der Waals surface area contributed by atoms with Crippen molar-refractivity contribution in [2.75, 3.05) is 53.5 Å². The SMILES string of the molecule is COc1cc(-c2ccnc(-c3cccc(-c4ccc(CN5CC6(CNC(=O)C6)C5)c(OC)n4)c3Cl)c2Cl)ccc1CN1CC2(CNC(=O)C2)C1. The molecule has 2 aromatic heterocycles. The number of benzene rings is 2. The van der Waals surface area contributed by atoms with Crippen molar-refractivity contribution in [2.45, 2.75) is 25.9 Å². The second-order valence-electron chi connectivity index (χ2n) is 14.3. The summed E-state index contributed by atoms with van der Waals surface area (Å²) < 4.78 is 11.6. The van der Waals surface area contributed by atoms with Gasteiger partial charge in [0, 0.05) is 110 Å². The van der Waals surface area contributed by atoms with Crippen LogP contribution in [-0.4, -0.2) is 85.1 Å². The van der Waals surface area contributed by atoms with E-state index in [9.17, 15) is 9.59 Å². The minimum atomic E-state index is 0.0585. The molecule has 0 aliphatic carbocycles. The summed E-state index contributed by atoms with van der Waals surface area (Å²) in [6.07, 6.45) is 2.94. The first-order chi connectivity index (χ1) is 24.2. The maximum atomic E-state index is 11.8. The molecule has 2 spiro atoms. The van der Waals surface area contributed by atoms with Gasteiger partial charge in [-0.15, -0.1) is 0 Å². The van der Waals surface area contributed by atoms with E-state index >= 15 is 0 Å². The molecule has 2 amide bonds. The van der Waals surface area contributed by atoms with Gasteiger partial charge in [0.15, 0.2) is 0 Å². The summed E-state index contributed by atoms with van der Waals surface area (Å²) in [7, 11) is 3.30. The summed E-state index contributed by atoms with van der Waals surface area (Å²) in [6.45, 7) is 6.47. The number of hydrogen-bond acceptors (Lipinski definition) is 8. The third-order valence-corrected chi connectivity index (χ3v) is 11.4. The van der Waals surface area contributed by atoms with Crippen LogP contribution in [0.25, 0.3) is 33.6 Å². The van der Waals surface area contributed by atoms with Gasteiger partial charge in [0.25, 0.3) is 0 Å². The van der Waals surface area contributed by atoms with Crippen molar-refractivity contribution < 1.29 is 19.1 Å². The second-order valence-corrected chi connectivity index (χ2v) is 15.0. The van der Waals surface area contributed by atoms with Crippen molar-refractivity contribution in [3.8, 4) is 45.3 Å². The molecule has 258 valence electrons. The van der Waals surface area contributed by atoms with E-state index in [4.69, 9.17) is 37.7 Å². The number of rotatable bonds is 9. The highest BCUT2D eigenvalue weighted by Crippen LogP contribution is 2.44. The van der Waals surface area contributed by atoms with E-state index in [1.165, 1.54) is 0 Å². The number of amides is 2. The zero-order valence-electron chi connectivity index (χ0n) is 28.0. The minimum Gasteiger partial charge on any atom is -0.496 e. The lowest BCUT2D eigenvalue weighted by molar-refractivity contribution is -0.121. The summed E-state index contributed by atoms with van der Waals surface area (Å²) >= 11 is 14.2. The molecule has 50 heavy (non-hydrogen) atoms. The predicted molar refractivity (Wildman–Crippen MR) is 192 cm³/mol. The first kappa shape index (κ1) is 33.0. The zero-order valence-corrected chi connectivity index (χ0v) is 29.5. The largest absolute Gasteiger partial charge is 0.496 e. The third-order valence-electron chi connectivity index (χ3n) is 10.6. The molecule has 2 aromatic carbocycles. The molecule has 4 aliphatic heterocycles. The van der Waals surface area contributed by atoms with E-state index < -0.39 is 0 Å². The molecule has 0 atom stereocenters. The highest BCUT2D eigenvalue weighted by Gasteiger charge is 2.49. The molecule has 0 unspecified atom stereocenters. The monoisotopic (exact) mass is 712 g/mol. The van der Waals surface area contributed by atoms with Gasteiger partial charge >= 0.3 is 0 Å². The van der Waals surface area contributed by atoms with Crippen molar-refractivity contribution in [2.24, 2.45) is 10.8 Å². The Bertz CT molecular complexity index is 1870. The van der Waals surface area contributed by atoms with Crippen molar-refractivity contribution in [3.63, 3.8) is 0 Å². The number of nitrogens with one attached hydrogen (secondary N) is 2. The van der Waals surface area contributed by atoms with Crippen molar-refractivity contribution >= 4 is 35.0 Å². The Labute approximate surface area is 301 Å². The molecule has 4 aliphatic rings. The average Bonchev–Trinajstić information content (AvgIpc) is 3.68. The van der Waals surface area contributed by atoms with Crippen molar-refractivity contribution in [3.05, 3.63) is 82.0 Å². The first-order valence-corrected chi connectivity index (χ1v) is 17.6. The molecule has 12 heteroatoms. The summed E-state index contributed by atoms with van der Waals surface area (Å²) in [5, 5.41) is 6.90. The van der Waals surface area contributed by atoms with Gasteiger partial charge < -0.3 is 20.1 Å². The maximum absolute atomic E-state index is 11.8. The number of methoxy groups -OCH3 is 2.